The van der Waals surface area contributed by atoms with Gasteiger partial charge in [-0.1, -0.05) is 0 Å². The van der Waals surface area contributed by atoms with Gasteiger partial charge in [0.25, 0.3) is 0 Å². The largest absolute Gasteiger partial charge is 0.464 e. The van der Waals surface area contributed by atoms with Gasteiger partial charge in [-0.05, 0) is 44.0 Å². The number of nitrogens with zero attached hydrogens (tertiary/aromatic N) is 3. The first-order valence-corrected chi connectivity index (χ1v) is 7.77. The van der Waals surface area contributed by atoms with Crippen LogP contribution in [-0.2, 0) is 9.53 Å². The molecule has 0 spiro atoms. The van der Waals surface area contributed by atoms with Gasteiger partial charge in [-0.3, -0.25) is 4.98 Å². The molecule has 24 heavy (non-hydrogen) atoms. The van der Waals surface area contributed by atoms with Crippen molar-refractivity contribution in [3.63, 3.8) is 0 Å². The van der Waals surface area contributed by atoms with Crippen molar-refractivity contribution in [1.82, 2.24) is 15.0 Å². The van der Waals surface area contributed by atoms with Crippen LogP contribution in [0.5, 0.6) is 0 Å². The fourth-order valence-corrected chi connectivity index (χ4v) is 2.27. The van der Waals surface area contributed by atoms with Crippen LogP contribution in [0.3, 0.4) is 0 Å². The maximum absolute atomic E-state index is 13.1. The second kappa shape index (κ2) is 7.65. The zero-order valence-electron chi connectivity index (χ0n) is 13.2. The van der Waals surface area contributed by atoms with Gasteiger partial charge in [-0.2, -0.15) is 4.98 Å². The third kappa shape index (κ3) is 4.95. The van der Waals surface area contributed by atoms with Crippen LogP contribution in [-0.4, -0.2) is 39.5 Å². The highest BCUT2D eigenvalue weighted by Crippen LogP contribution is 2.24. The Bertz CT molecular complexity index is 724. The van der Waals surface area contributed by atoms with Gasteiger partial charge < -0.3 is 10.1 Å². The van der Waals surface area contributed by atoms with E-state index in [9.17, 15) is 13.6 Å². The van der Waals surface area contributed by atoms with E-state index in [2.05, 4.69) is 20.3 Å². The molecule has 2 rings (SSSR count). The molecule has 0 unspecified atom stereocenters. The standard InChI is InChI=1S/C15H17ClF2N4O2/c1-3-24-13(23)10(6-7-15(2,17)18)20-12-11-9(5-4-8-19-11)21-14(16)22-12/h4-5,8,10H,3,6-7H2,1-2H3,(H,20,21,22)/t10-/m1/s1. The van der Waals surface area contributed by atoms with Crippen LogP contribution < -0.4 is 5.32 Å². The number of nitrogens with one attached hydrogen (secondary N) is 1. The molecule has 130 valence electrons. The minimum absolute atomic E-state index is 0.0403. The molecule has 0 radical (unpaired) electrons. The lowest BCUT2D eigenvalue weighted by Gasteiger charge is -2.20. The maximum atomic E-state index is 13.1. The minimum atomic E-state index is -2.89. The summed E-state index contributed by atoms with van der Waals surface area (Å²) in [5.74, 6) is -3.33. The number of carbonyl (C=O) groups excluding carboxylic acids is 1. The summed E-state index contributed by atoms with van der Waals surface area (Å²) in [6.45, 7) is 2.58. The van der Waals surface area contributed by atoms with Crippen molar-refractivity contribution in [3.05, 3.63) is 23.6 Å². The van der Waals surface area contributed by atoms with E-state index in [4.69, 9.17) is 16.3 Å². The van der Waals surface area contributed by atoms with Gasteiger partial charge in [0, 0.05) is 12.6 Å². The lowest BCUT2D eigenvalue weighted by molar-refractivity contribution is -0.144. The van der Waals surface area contributed by atoms with Gasteiger partial charge in [0.2, 0.25) is 11.2 Å². The Hall–Kier alpha value is -2.09. The Labute approximate surface area is 142 Å². The number of halogens is 3. The van der Waals surface area contributed by atoms with Crippen molar-refractivity contribution >= 4 is 34.4 Å². The molecular formula is C15H17ClF2N4O2. The van der Waals surface area contributed by atoms with Crippen molar-refractivity contribution in [1.29, 1.82) is 0 Å². The zero-order valence-corrected chi connectivity index (χ0v) is 14.0. The third-order valence-electron chi connectivity index (χ3n) is 3.18. The maximum Gasteiger partial charge on any atom is 0.328 e. The normalized spacial score (nSPS) is 12.9. The van der Waals surface area contributed by atoms with E-state index in [0.717, 1.165) is 6.92 Å². The lowest BCUT2D eigenvalue weighted by Crippen LogP contribution is -2.33. The first-order valence-electron chi connectivity index (χ1n) is 7.39. The molecule has 0 aromatic carbocycles. The lowest BCUT2D eigenvalue weighted by atomic mass is 10.1. The summed E-state index contributed by atoms with van der Waals surface area (Å²) in [5, 5.41) is 2.77. The first kappa shape index (κ1) is 18.3. The monoisotopic (exact) mass is 358 g/mol. The Morgan fingerprint density at radius 3 is 2.88 bits per heavy atom. The van der Waals surface area contributed by atoms with Crippen molar-refractivity contribution in [2.24, 2.45) is 0 Å². The number of pyridine rings is 1. The SMILES string of the molecule is CCOC(=O)[C@@H](CCC(C)(F)F)Nc1nc(Cl)nc2cccnc12. The highest BCUT2D eigenvalue weighted by molar-refractivity contribution is 6.28. The fourth-order valence-electron chi connectivity index (χ4n) is 2.09. The van der Waals surface area contributed by atoms with E-state index in [1.165, 1.54) is 6.20 Å². The molecule has 0 saturated heterocycles. The fraction of sp³-hybridized carbons (Fsp3) is 0.467. The van der Waals surface area contributed by atoms with Gasteiger partial charge in [0.1, 0.15) is 11.6 Å². The van der Waals surface area contributed by atoms with Crippen LogP contribution in [0.25, 0.3) is 11.0 Å². The molecule has 0 bridgehead atoms. The average molecular weight is 359 g/mol. The number of aromatic nitrogens is 3. The number of hydrogen-bond acceptors (Lipinski definition) is 6. The molecule has 0 amide bonds. The molecule has 0 aliphatic heterocycles. The van der Waals surface area contributed by atoms with Gasteiger partial charge in [0.15, 0.2) is 5.82 Å². The Morgan fingerprint density at radius 1 is 1.46 bits per heavy atom. The van der Waals surface area contributed by atoms with Crippen LogP contribution >= 0.6 is 11.6 Å². The van der Waals surface area contributed by atoms with Gasteiger partial charge in [-0.25, -0.2) is 18.6 Å². The van der Waals surface area contributed by atoms with E-state index in [1.807, 2.05) is 0 Å². The van der Waals surface area contributed by atoms with E-state index >= 15 is 0 Å². The summed E-state index contributed by atoms with van der Waals surface area (Å²) in [5.41, 5.74) is 0.864. The molecule has 0 saturated carbocycles. The highest BCUT2D eigenvalue weighted by atomic mass is 35.5. The number of esters is 1. The van der Waals surface area contributed by atoms with Crippen molar-refractivity contribution in [2.75, 3.05) is 11.9 Å². The highest BCUT2D eigenvalue weighted by Gasteiger charge is 2.28. The second-order valence-corrected chi connectivity index (χ2v) is 5.61. The summed E-state index contributed by atoms with van der Waals surface area (Å²) in [6.07, 6.45) is 0.927. The smallest absolute Gasteiger partial charge is 0.328 e. The summed E-state index contributed by atoms with van der Waals surface area (Å²) < 4.78 is 31.2. The number of anilines is 1. The van der Waals surface area contributed by atoms with Crippen molar-refractivity contribution in [2.45, 2.75) is 38.7 Å². The van der Waals surface area contributed by atoms with E-state index in [1.54, 1.807) is 19.1 Å². The van der Waals surface area contributed by atoms with Gasteiger partial charge in [0.05, 0.1) is 12.1 Å². The van der Waals surface area contributed by atoms with E-state index < -0.39 is 24.4 Å². The summed E-state index contributed by atoms with van der Waals surface area (Å²) in [4.78, 5) is 24.2. The summed E-state index contributed by atoms with van der Waals surface area (Å²) in [7, 11) is 0. The number of hydrogen-bond donors (Lipinski definition) is 1. The predicted molar refractivity (Wildman–Crippen MR) is 86.2 cm³/mol. The number of ether oxygens (including phenoxy) is 1. The van der Waals surface area contributed by atoms with Crippen molar-refractivity contribution < 1.29 is 18.3 Å². The predicted octanol–water partition coefficient (Wildman–Crippen LogP) is 3.46. The molecule has 0 aliphatic carbocycles. The van der Waals surface area contributed by atoms with Crippen LogP contribution in [0.2, 0.25) is 5.28 Å². The number of fused-ring (bicyclic) bond motifs is 1. The van der Waals surface area contributed by atoms with Crippen LogP contribution in [0.1, 0.15) is 26.7 Å². The molecule has 2 heterocycles. The van der Waals surface area contributed by atoms with Gasteiger partial charge >= 0.3 is 5.97 Å². The Balaban J connectivity index is 2.30. The molecule has 2 aromatic rings. The second-order valence-electron chi connectivity index (χ2n) is 5.27. The Kier molecular flexibility index (Phi) is 5.82. The number of carbonyl (C=O) groups is 1. The quantitative estimate of drug-likeness (QED) is 0.603. The Morgan fingerprint density at radius 2 is 2.21 bits per heavy atom. The van der Waals surface area contributed by atoms with E-state index in [-0.39, 0.29) is 24.1 Å². The average Bonchev–Trinajstić information content (AvgIpc) is 2.50. The molecule has 9 heteroatoms. The molecule has 1 atom stereocenters. The molecule has 6 nitrogen and oxygen atoms in total. The van der Waals surface area contributed by atoms with Crippen LogP contribution in [0.15, 0.2) is 18.3 Å². The van der Waals surface area contributed by atoms with E-state index in [0.29, 0.717) is 11.0 Å². The molecule has 0 aliphatic rings. The number of rotatable bonds is 7. The first-order chi connectivity index (χ1) is 11.3. The third-order valence-corrected chi connectivity index (χ3v) is 3.35. The van der Waals surface area contributed by atoms with Gasteiger partial charge in [-0.15, -0.1) is 0 Å². The molecular weight excluding hydrogens is 342 g/mol. The molecule has 1 N–H and O–H groups in total. The van der Waals surface area contributed by atoms with Crippen LogP contribution in [0, 0.1) is 0 Å². The van der Waals surface area contributed by atoms with Crippen molar-refractivity contribution in [3.8, 4) is 0 Å². The molecule has 2 aromatic heterocycles. The topological polar surface area (TPSA) is 77.0 Å². The zero-order chi connectivity index (χ0) is 17.7. The molecule has 0 fully saturated rings. The summed E-state index contributed by atoms with van der Waals surface area (Å²) >= 11 is 5.87. The summed E-state index contributed by atoms with van der Waals surface area (Å²) in [6, 6.07) is 2.36. The van der Waals surface area contributed by atoms with Crippen LogP contribution in [0.4, 0.5) is 14.6 Å². The minimum Gasteiger partial charge on any atom is -0.464 e. The number of alkyl halides is 2.